The fourth-order valence-corrected chi connectivity index (χ4v) is 3.26. The molecule has 3 nitrogen and oxygen atoms in total. The molecule has 0 bridgehead atoms. The van der Waals surface area contributed by atoms with E-state index in [2.05, 4.69) is 66.1 Å². The standard InChI is InChI=1S/C16H23N3S/c1-5-18(6-2)14-9-7-11-17-16(14)19(13(3)4)15-10-8-12-20-15/h7-13H,5-6H2,1-4H3. The van der Waals surface area contributed by atoms with Crippen LogP contribution in [0.1, 0.15) is 27.7 Å². The Balaban J connectivity index is 2.49. The lowest BCUT2D eigenvalue weighted by Gasteiger charge is -2.31. The molecule has 4 heteroatoms. The number of nitrogens with zero attached hydrogens (tertiary/aromatic N) is 3. The number of rotatable bonds is 6. The van der Waals surface area contributed by atoms with E-state index in [0.29, 0.717) is 6.04 Å². The zero-order valence-corrected chi connectivity index (χ0v) is 13.5. The fraction of sp³-hybridized carbons (Fsp3) is 0.438. The molecular formula is C16H23N3S. The highest BCUT2D eigenvalue weighted by molar-refractivity contribution is 7.14. The number of hydrogen-bond acceptors (Lipinski definition) is 4. The number of pyridine rings is 1. The normalized spacial score (nSPS) is 10.8. The molecular weight excluding hydrogens is 266 g/mol. The van der Waals surface area contributed by atoms with Gasteiger partial charge in [0.2, 0.25) is 0 Å². The zero-order chi connectivity index (χ0) is 14.5. The highest BCUT2D eigenvalue weighted by atomic mass is 32.1. The second-order valence-electron chi connectivity index (χ2n) is 4.93. The summed E-state index contributed by atoms with van der Waals surface area (Å²) in [5, 5.41) is 3.36. The van der Waals surface area contributed by atoms with Crippen molar-refractivity contribution in [2.45, 2.75) is 33.7 Å². The van der Waals surface area contributed by atoms with Gasteiger partial charge in [-0.2, -0.15) is 0 Å². The van der Waals surface area contributed by atoms with Crippen LogP contribution in [0.15, 0.2) is 35.8 Å². The number of hydrogen-bond donors (Lipinski definition) is 0. The maximum absolute atomic E-state index is 4.66. The summed E-state index contributed by atoms with van der Waals surface area (Å²) in [4.78, 5) is 9.33. The van der Waals surface area contributed by atoms with Gasteiger partial charge in [0.15, 0.2) is 5.82 Å². The van der Waals surface area contributed by atoms with Gasteiger partial charge in [0.05, 0.1) is 10.7 Å². The highest BCUT2D eigenvalue weighted by Gasteiger charge is 2.20. The molecule has 0 aliphatic heterocycles. The first-order valence-corrected chi connectivity index (χ1v) is 8.09. The number of thiophene rings is 1. The van der Waals surface area contributed by atoms with E-state index >= 15 is 0 Å². The van der Waals surface area contributed by atoms with Crippen LogP contribution in [-0.2, 0) is 0 Å². The van der Waals surface area contributed by atoms with E-state index in [1.54, 1.807) is 11.3 Å². The number of aromatic nitrogens is 1. The van der Waals surface area contributed by atoms with Crippen LogP contribution < -0.4 is 9.80 Å². The third-order valence-corrected chi connectivity index (χ3v) is 4.23. The fourth-order valence-electron chi connectivity index (χ4n) is 2.40. The summed E-state index contributed by atoms with van der Waals surface area (Å²) in [5.74, 6) is 1.05. The van der Waals surface area contributed by atoms with Gasteiger partial charge >= 0.3 is 0 Å². The van der Waals surface area contributed by atoms with Crippen LogP contribution in [0, 0.1) is 0 Å². The van der Waals surface area contributed by atoms with E-state index < -0.39 is 0 Å². The predicted molar refractivity (Wildman–Crippen MR) is 89.4 cm³/mol. The number of anilines is 3. The van der Waals surface area contributed by atoms with Crippen LogP contribution in [0.3, 0.4) is 0 Å². The van der Waals surface area contributed by atoms with Crippen LogP contribution in [0.4, 0.5) is 16.5 Å². The van der Waals surface area contributed by atoms with Gasteiger partial charge in [0.25, 0.3) is 0 Å². The van der Waals surface area contributed by atoms with Gasteiger partial charge < -0.3 is 9.80 Å². The van der Waals surface area contributed by atoms with Crippen LogP contribution in [0.5, 0.6) is 0 Å². The molecule has 0 aliphatic carbocycles. The monoisotopic (exact) mass is 289 g/mol. The lowest BCUT2D eigenvalue weighted by Crippen LogP contribution is -2.30. The molecule has 0 aliphatic rings. The largest absolute Gasteiger partial charge is 0.369 e. The van der Waals surface area contributed by atoms with E-state index in [1.807, 2.05) is 12.3 Å². The Kier molecular flexibility index (Phi) is 5.01. The van der Waals surface area contributed by atoms with Crippen molar-refractivity contribution in [3.63, 3.8) is 0 Å². The topological polar surface area (TPSA) is 19.4 Å². The van der Waals surface area contributed by atoms with Crippen molar-refractivity contribution in [1.82, 2.24) is 4.98 Å². The van der Waals surface area contributed by atoms with Gasteiger partial charge in [-0.05, 0) is 57.3 Å². The van der Waals surface area contributed by atoms with Crippen molar-refractivity contribution >= 4 is 27.8 Å². The minimum atomic E-state index is 0.373. The zero-order valence-electron chi connectivity index (χ0n) is 12.7. The molecule has 0 radical (unpaired) electrons. The smallest absolute Gasteiger partial charge is 0.157 e. The Labute approximate surface area is 125 Å². The molecule has 2 aromatic rings. The van der Waals surface area contributed by atoms with Crippen molar-refractivity contribution in [3.8, 4) is 0 Å². The molecule has 0 atom stereocenters. The summed E-state index contributed by atoms with van der Waals surface area (Å²) >= 11 is 1.76. The maximum atomic E-state index is 4.66. The summed E-state index contributed by atoms with van der Waals surface area (Å²) < 4.78 is 0. The molecule has 0 amide bonds. The van der Waals surface area contributed by atoms with Crippen molar-refractivity contribution in [3.05, 3.63) is 35.8 Å². The summed E-state index contributed by atoms with van der Waals surface area (Å²) in [6, 6.07) is 8.81. The second kappa shape index (κ2) is 6.75. The average molecular weight is 289 g/mol. The molecule has 2 aromatic heterocycles. The maximum Gasteiger partial charge on any atom is 0.157 e. The van der Waals surface area contributed by atoms with E-state index in [4.69, 9.17) is 0 Å². The van der Waals surface area contributed by atoms with Gasteiger partial charge in [-0.1, -0.05) is 0 Å². The molecule has 0 spiro atoms. The minimum absolute atomic E-state index is 0.373. The molecule has 0 saturated heterocycles. The Morgan fingerprint density at radius 3 is 2.45 bits per heavy atom. The first kappa shape index (κ1) is 14.9. The van der Waals surface area contributed by atoms with Crippen molar-refractivity contribution in [2.75, 3.05) is 22.9 Å². The molecule has 0 unspecified atom stereocenters. The Bertz CT molecular complexity index is 518. The molecule has 108 valence electrons. The van der Waals surface area contributed by atoms with Gasteiger partial charge in [0, 0.05) is 25.3 Å². The lowest BCUT2D eigenvalue weighted by molar-refractivity contribution is 0.774. The Morgan fingerprint density at radius 2 is 1.90 bits per heavy atom. The predicted octanol–water partition coefficient (Wildman–Crippen LogP) is 4.54. The molecule has 0 saturated carbocycles. The molecule has 2 rings (SSSR count). The van der Waals surface area contributed by atoms with E-state index in [1.165, 1.54) is 10.7 Å². The molecule has 20 heavy (non-hydrogen) atoms. The quantitative estimate of drug-likeness (QED) is 0.778. The first-order valence-electron chi connectivity index (χ1n) is 7.21. The molecule has 0 aromatic carbocycles. The third kappa shape index (κ3) is 2.96. The molecule has 2 heterocycles. The molecule has 0 fully saturated rings. The van der Waals surface area contributed by atoms with Crippen LogP contribution >= 0.6 is 11.3 Å². The van der Waals surface area contributed by atoms with Crippen molar-refractivity contribution in [1.29, 1.82) is 0 Å². The van der Waals surface area contributed by atoms with E-state index in [0.717, 1.165) is 18.9 Å². The Hall–Kier alpha value is -1.55. The van der Waals surface area contributed by atoms with E-state index in [-0.39, 0.29) is 0 Å². The Morgan fingerprint density at radius 1 is 1.15 bits per heavy atom. The van der Waals surface area contributed by atoms with Crippen LogP contribution in [0.2, 0.25) is 0 Å². The summed E-state index contributed by atoms with van der Waals surface area (Å²) in [6.45, 7) is 10.8. The minimum Gasteiger partial charge on any atom is -0.369 e. The van der Waals surface area contributed by atoms with Gasteiger partial charge in [-0.15, -0.1) is 11.3 Å². The second-order valence-corrected chi connectivity index (χ2v) is 5.86. The lowest BCUT2D eigenvalue weighted by atomic mass is 10.2. The molecule has 0 N–H and O–H groups in total. The van der Waals surface area contributed by atoms with Gasteiger partial charge in [-0.25, -0.2) is 4.98 Å². The third-order valence-electron chi connectivity index (χ3n) is 3.36. The first-order chi connectivity index (χ1) is 9.69. The van der Waals surface area contributed by atoms with Gasteiger partial charge in [0.1, 0.15) is 0 Å². The highest BCUT2D eigenvalue weighted by Crippen LogP contribution is 2.36. The summed E-state index contributed by atoms with van der Waals surface area (Å²) in [5.41, 5.74) is 1.21. The van der Waals surface area contributed by atoms with Gasteiger partial charge in [-0.3, -0.25) is 0 Å². The van der Waals surface area contributed by atoms with Crippen LogP contribution in [0.25, 0.3) is 0 Å². The van der Waals surface area contributed by atoms with Crippen LogP contribution in [-0.4, -0.2) is 24.1 Å². The summed E-state index contributed by atoms with van der Waals surface area (Å²) in [7, 11) is 0. The van der Waals surface area contributed by atoms with E-state index in [9.17, 15) is 0 Å². The van der Waals surface area contributed by atoms with Crippen molar-refractivity contribution < 1.29 is 0 Å². The SMILES string of the molecule is CCN(CC)c1cccnc1N(c1cccs1)C(C)C. The average Bonchev–Trinajstić information content (AvgIpc) is 2.95. The summed E-state index contributed by atoms with van der Waals surface area (Å²) in [6.07, 6.45) is 1.88. The van der Waals surface area contributed by atoms with Crippen molar-refractivity contribution in [2.24, 2.45) is 0 Å².